The number of alkyl halides is 1. The summed E-state index contributed by atoms with van der Waals surface area (Å²) in [5.74, 6) is 0.214. The molecule has 2 nitrogen and oxygen atoms in total. The molecule has 1 unspecified atom stereocenters. The SMILES string of the molecule is CC(C)(C(=O)O)C1(F)CCCSC1. The lowest BCUT2D eigenvalue weighted by Crippen LogP contribution is -2.49. The zero-order valence-corrected chi connectivity index (χ0v) is 8.79. The monoisotopic (exact) mass is 206 g/mol. The molecule has 0 spiro atoms. The van der Waals surface area contributed by atoms with Gasteiger partial charge in [-0.1, -0.05) is 0 Å². The number of halogens is 1. The van der Waals surface area contributed by atoms with Crippen molar-refractivity contribution in [3.63, 3.8) is 0 Å². The number of carboxylic acids is 1. The molecular formula is C9H15FO2S. The fourth-order valence-corrected chi connectivity index (χ4v) is 2.77. The zero-order valence-electron chi connectivity index (χ0n) is 7.97. The number of carbonyl (C=O) groups is 1. The summed E-state index contributed by atoms with van der Waals surface area (Å²) in [7, 11) is 0. The smallest absolute Gasteiger partial charge is 0.312 e. The first-order valence-corrected chi connectivity index (χ1v) is 5.56. The number of hydrogen-bond donors (Lipinski definition) is 1. The Labute approximate surface area is 81.9 Å². The maximum absolute atomic E-state index is 14.2. The average Bonchev–Trinajstić information content (AvgIpc) is 2.05. The lowest BCUT2D eigenvalue weighted by molar-refractivity contribution is -0.156. The van der Waals surface area contributed by atoms with Crippen molar-refractivity contribution < 1.29 is 14.3 Å². The van der Waals surface area contributed by atoms with Gasteiger partial charge in [-0.2, -0.15) is 11.8 Å². The molecule has 0 saturated carbocycles. The minimum Gasteiger partial charge on any atom is -0.481 e. The van der Waals surface area contributed by atoms with E-state index in [2.05, 4.69) is 0 Å². The minimum atomic E-state index is -1.54. The second-order valence-corrected chi connectivity index (χ2v) is 5.16. The molecule has 0 aromatic heterocycles. The van der Waals surface area contributed by atoms with Crippen molar-refractivity contribution in [3.8, 4) is 0 Å². The van der Waals surface area contributed by atoms with Gasteiger partial charge in [0.05, 0.1) is 5.41 Å². The molecule has 0 aliphatic carbocycles. The highest BCUT2D eigenvalue weighted by Crippen LogP contribution is 2.43. The maximum atomic E-state index is 14.2. The van der Waals surface area contributed by atoms with Crippen LogP contribution in [0, 0.1) is 5.41 Å². The van der Waals surface area contributed by atoms with E-state index in [1.165, 1.54) is 25.6 Å². The highest BCUT2D eigenvalue weighted by atomic mass is 32.2. The van der Waals surface area contributed by atoms with Crippen LogP contribution < -0.4 is 0 Å². The van der Waals surface area contributed by atoms with Gasteiger partial charge in [-0.15, -0.1) is 0 Å². The average molecular weight is 206 g/mol. The Morgan fingerprint density at radius 2 is 2.23 bits per heavy atom. The van der Waals surface area contributed by atoms with E-state index in [1.54, 1.807) is 0 Å². The Morgan fingerprint density at radius 3 is 2.62 bits per heavy atom. The van der Waals surface area contributed by atoms with Crippen molar-refractivity contribution in [2.45, 2.75) is 32.4 Å². The summed E-state index contributed by atoms with van der Waals surface area (Å²) in [6.07, 6.45) is 1.15. The van der Waals surface area contributed by atoms with E-state index in [9.17, 15) is 9.18 Å². The van der Waals surface area contributed by atoms with Crippen LogP contribution in [0.4, 0.5) is 4.39 Å². The first kappa shape index (κ1) is 10.8. The Morgan fingerprint density at radius 1 is 1.62 bits per heavy atom. The van der Waals surface area contributed by atoms with Gasteiger partial charge in [-0.3, -0.25) is 4.79 Å². The molecule has 1 saturated heterocycles. The number of aliphatic carboxylic acids is 1. The van der Waals surface area contributed by atoms with E-state index in [-0.39, 0.29) is 0 Å². The van der Waals surface area contributed by atoms with Crippen LogP contribution in [0.3, 0.4) is 0 Å². The third-order valence-corrected chi connectivity index (χ3v) is 4.09. The van der Waals surface area contributed by atoms with E-state index < -0.39 is 17.1 Å². The highest BCUT2D eigenvalue weighted by molar-refractivity contribution is 7.99. The van der Waals surface area contributed by atoms with Crippen molar-refractivity contribution in [2.75, 3.05) is 11.5 Å². The predicted octanol–water partition coefficient (Wildman–Crippen LogP) is 2.33. The molecule has 1 N–H and O–H groups in total. The van der Waals surface area contributed by atoms with E-state index in [0.29, 0.717) is 12.2 Å². The molecule has 1 atom stereocenters. The molecule has 76 valence electrons. The van der Waals surface area contributed by atoms with Crippen LogP contribution in [0.25, 0.3) is 0 Å². The molecule has 1 aliphatic rings. The predicted molar refractivity (Wildman–Crippen MR) is 51.8 cm³/mol. The summed E-state index contributed by atoms with van der Waals surface area (Å²) in [6, 6.07) is 0. The number of carboxylic acid groups (broad SMARTS) is 1. The van der Waals surface area contributed by atoms with Crippen molar-refractivity contribution >= 4 is 17.7 Å². The molecule has 4 heteroatoms. The Kier molecular flexibility index (Phi) is 2.90. The molecule has 1 heterocycles. The van der Waals surface area contributed by atoms with E-state index in [4.69, 9.17) is 5.11 Å². The van der Waals surface area contributed by atoms with E-state index in [1.807, 2.05) is 0 Å². The molecule has 13 heavy (non-hydrogen) atoms. The van der Waals surface area contributed by atoms with Crippen LogP contribution in [0.15, 0.2) is 0 Å². The van der Waals surface area contributed by atoms with Crippen LogP contribution in [-0.4, -0.2) is 28.3 Å². The van der Waals surface area contributed by atoms with Crippen LogP contribution in [0.5, 0.6) is 0 Å². The standard InChI is InChI=1S/C9H15FO2S/c1-8(2,7(11)12)9(10)4-3-5-13-6-9/h3-6H2,1-2H3,(H,11,12). The van der Waals surface area contributed by atoms with Gasteiger partial charge in [0.15, 0.2) is 0 Å². The van der Waals surface area contributed by atoms with Crippen molar-refractivity contribution in [1.29, 1.82) is 0 Å². The molecule has 1 fully saturated rings. The largest absolute Gasteiger partial charge is 0.481 e. The normalized spacial score (nSPS) is 30.1. The number of hydrogen-bond acceptors (Lipinski definition) is 2. The zero-order chi connectivity index (χ0) is 10.1. The molecule has 0 aromatic carbocycles. The molecule has 0 amide bonds. The summed E-state index contributed by atoms with van der Waals surface area (Å²) < 4.78 is 14.2. The summed E-state index contributed by atoms with van der Waals surface area (Å²) in [6.45, 7) is 2.95. The Bertz CT molecular complexity index is 210. The lowest BCUT2D eigenvalue weighted by Gasteiger charge is -2.39. The van der Waals surface area contributed by atoms with Crippen LogP contribution >= 0.6 is 11.8 Å². The first-order chi connectivity index (χ1) is 5.90. The van der Waals surface area contributed by atoms with Crippen LogP contribution in [0.1, 0.15) is 26.7 Å². The van der Waals surface area contributed by atoms with Crippen molar-refractivity contribution in [3.05, 3.63) is 0 Å². The van der Waals surface area contributed by atoms with Crippen molar-refractivity contribution in [2.24, 2.45) is 5.41 Å². The Balaban J connectivity index is 2.82. The molecule has 1 aliphatic heterocycles. The van der Waals surface area contributed by atoms with Gasteiger partial charge in [0, 0.05) is 5.75 Å². The summed E-state index contributed by atoms with van der Waals surface area (Å²) in [5, 5.41) is 8.91. The second kappa shape index (κ2) is 3.48. The first-order valence-electron chi connectivity index (χ1n) is 4.40. The van der Waals surface area contributed by atoms with Gasteiger partial charge in [-0.25, -0.2) is 4.39 Å². The maximum Gasteiger partial charge on any atom is 0.312 e. The van der Waals surface area contributed by atoms with Crippen molar-refractivity contribution in [1.82, 2.24) is 0 Å². The van der Waals surface area contributed by atoms with Crippen LogP contribution in [-0.2, 0) is 4.79 Å². The molecule has 0 aromatic rings. The Hall–Kier alpha value is -0.250. The highest BCUT2D eigenvalue weighted by Gasteiger charge is 2.51. The van der Waals surface area contributed by atoms with E-state index in [0.717, 1.165) is 12.2 Å². The fraction of sp³-hybridized carbons (Fsp3) is 0.889. The number of rotatable bonds is 2. The molecular weight excluding hydrogens is 191 g/mol. The minimum absolute atomic E-state index is 0.312. The van der Waals surface area contributed by atoms with Gasteiger partial charge in [0.25, 0.3) is 0 Å². The van der Waals surface area contributed by atoms with Gasteiger partial charge >= 0.3 is 5.97 Å². The summed E-state index contributed by atoms with van der Waals surface area (Å²) in [4.78, 5) is 10.9. The lowest BCUT2D eigenvalue weighted by atomic mass is 9.74. The fourth-order valence-electron chi connectivity index (χ4n) is 1.45. The summed E-state index contributed by atoms with van der Waals surface area (Å²) in [5.41, 5.74) is -2.80. The van der Waals surface area contributed by atoms with Crippen LogP contribution in [0.2, 0.25) is 0 Å². The third-order valence-electron chi connectivity index (χ3n) is 2.85. The number of thioether (sulfide) groups is 1. The summed E-state index contributed by atoms with van der Waals surface area (Å²) >= 11 is 1.51. The molecule has 0 radical (unpaired) electrons. The topological polar surface area (TPSA) is 37.3 Å². The third kappa shape index (κ3) is 1.82. The van der Waals surface area contributed by atoms with Gasteiger partial charge < -0.3 is 5.11 Å². The molecule has 0 bridgehead atoms. The van der Waals surface area contributed by atoms with Gasteiger partial charge in [0.2, 0.25) is 0 Å². The van der Waals surface area contributed by atoms with Gasteiger partial charge in [0.1, 0.15) is 5.67 Å². The quantitative estimate of drug-likeness (QED) is 0.753. The van der Waals surface area contributed by atoms with Gasteiger partial charge in [-0.05, 0) is 32.4 Å². The molecule has 1 rings (SSSR count). The van der Waals surface area contributed by atoms with E-state index >= 15 is 0 Å². The second-order valence-electron chi connectivity index (χ2n) is 4.05.